The lowest BCUT2D eigenvalue weighted by Crippen LogP contribution is -2.24. The van der Waals surface area contributed by atoms with Gasteiger partial charge in [-0.2, -0.15) is 15.5 Å². The van der Waals surface area contributed by atoms with Crippen molar-refractivity contribution in [2.24, 2.45) is 19.1 Å². The van der Waals surface area contributed by atoms with Crippen LogP contribution in [-0.2, 0) is 14.1 Å². The predicted molar refractivity (Wildman–Crippen MR) is 134 cm³/mol. The van der Waals surface area contributed by atoms with Crippen molar-refractivity contribution < 1.29 is 0 Å². The van der Waals surface area contributed by atoms with E-state index in [2.05, 4.69) is 35.5 Å². The Labute approximate surface area is 205 Å². The molecule has 0 aliphatic rings. The second-order valence-corrected chi connectivity index (χ2v) is 8.00. The number of amidine groups is 1. The maximum atomic E-state index is 9.47. The smallest absolute Gasteiger partial charge is 0.336 e. The Morgan fingerprint density at radius 2 is 1.50 bits per heavy atom. The molecule has 2 heterocycles. The monoisotopic (exact) mass is 486 g/mol. The summed E-state index contributed by atoms with van der Waals surface area (Å²) in [5, 5.41) is 26.5. The summed E-state index contributed by atoms with van der Waals surface area (Å²) in [5.41, 5.74) is 2.99. The summed E-state index contributed by atoms with van der Waals surface area (Å²) >= 11 is 10.3. The minimum atomic E-state index is -1.09. The number of nitrogens with one attached hydrogen (secondary N) is 3. The summed E-state index contributed by atoms with van der Waals surface area (Å²) in [7, 11) is 3.66. The molecule has 0 saturated heterocycles. The topological polar surface area (TPSA) is 120 Å². The van der Waals surface area contributed by atoms with Crippen molar-refractivity contribution in [1.82, 2.24) is 29.5 Å². The molecule has 168 valence electrons. The van der Waals surface area contributed by atoms with Gasteiger partial charge in [0.15, 0.2) is 27.3 Å². The third kappa shape index (κ3) is 4.54. The third-order valence-corrected chi connectivity index (χ3v) is 5.79. The zero-order valence-electron chi connectivity index (χ0n) is 18.1. The third-order valence-electron chi connectivity index (χ3n) is 5.06. The van der Waals surface area contributed by atoms with Gasteiger partial charge in [0.25, 0.3) is 0 Å². The molecule has 0 spiro atoms. The molecule has 0 aliphatic heterocycles. The Hall–Kier alpha value is -4.39. The van der Waals surface area contributed by atoms with Gasteiger partial charge < -0.3 is 14.5 Å². The molecule has 2 aromatic heterocycles. The van der Waals surface area contributed by atoms with Crippen LogP contribution in [0.2, 0.25) is 0 Å². The van der Waals surface area contributed by atoms with Crippen LogP contribution >= 0.6 is 24.4 Å². The largest absolute Gasteiger partial charge is 0.363 e. The molecule has 0 radical (unpaired) electrons. The van der Waals surface area contributed by atoms with Crippen molar-refractivity contribution in [3.8, 4) is 28.8 Å². The number of anilines is 1. The Morgan fingerprint density at radius 1 is 1.00 bits per heavy atom. The van der Waals surface area contributed by atoms with E-state index in [0.717, 1.165) is 11.1 Å². The standard InChI is InChI=1S/C22H18N10S2/c1-24-17(12-23)18(25-15-8-4-13(5-9-15)19-27-29-21(33)31(19)2)26-16-10-6-14(7-11-16)20-28-30-22(34)32(20)3/h4-11,17H,2-3H3,(H,25,26)(H,29,33)(H,30,34). The number of H-pyrrole nitrogens is 2. The summed E-state index contributed by atoms with van der Waals surface area (Å²) in [4.78, 5) is 7.93. The molecule has 0 fully saturated rings. The summed E-state index contributed by atoms with van der Waals surface area (Å²) in [6, 6.07) is 15.6. The highest BCUT2D eigenvalue weighted by atomic mass is 32.1. The summed E-state index contributed by atoms with van der Waals surface area (Å²) in [6.45, 7) is 7.40. The zero-order chi connectivity index (χ0) is 24.2. The lowest BCUT2D eigenvalue weighted by molar-refractivity contribution is 0.902. The van der Waals surface area contributed by atoms with E-state index < -0.39 is 6.04 Å². The van der Waals surface area contributed by atoms with E-state index in [0.29, 0.717) is 32.6 Å². The fourth-order valence-electron chi connectivity index (χ4n) is 3.19. The molecule has 4 aromatic rings. The summed E-state index contributed by atoms with van der Waals surface area (Å²) < 4.78 is 4.59. The van der Waals surface area contributed by atoms with Crippen molar-refractivity contribution in [1.29, 1.82) is 5.26 Å². The fraction of sp³-hybridized carbons (Fsp3) is 0.136. The Morgan fingerprint density at radius 3 is 1.91 bits per heavy atom. The first-order valence-corrected chi connectivity index (χ1v) is 10.8. The van der Waals surface area contributed by atoms with Gasteiger partial charge in [-0.05, 0) is 73.0 Å². The molecule has 10 nitrogen and oxygen atoms in total. The Bertz CT molecular complexity index is 1540. The van der Waals surface area contributed by atoms with Crippen LogP contribution in [0, 0.1) is 27.4 Å². The van der Waals surface area contributed by atoms with Gasteiger partial charge in [-0.25, -0.2) is 11.6 Å². The van der Waals surface area contributed by atoms with Crippen LogP contribution in [0.25, 0.3) is 27.6 Å². The average Bonchev–Trinajstić information content (AvgIpc) is 3.36. The molecule has 0 bridgehead atoms. The number of nitriles is 1. The number of aromatic amines is 2. The lowest BCUT2D eigenvalue weighted by atomic mass is 10.1. The van der Waals surface area contributed by atoms with Crippen molar-refractivity contribution in [2.45, 2.75) is 6.04 Å². The molecule has 4 rings (SSSR count). The lowest BCUT2D eigenvalue weighted by Gasteiger charge is -2.09. The number of aromatic nitrogens is 6. The SMILES string of the molecule is [C-]#[N+]C(C#N)C(=Nc1ccc(-c2n[nH]c(=S)n2C)cc1)Nc1ccc(-c2n[nH]c(=S)n2C)cc1. The maximum Gasteiger partial charge on any atom is 0.363 e. The normalized spacial score (nSPS) is 12.1. The number of nitrogens with zero attached hydrogens (tertiary/aromatic N) is 7. The summed E-state index contributed by atoms with van der Waals surface area (Å²) in [6.07, 6.45) is 0. The Kier molecular flexibility index (Phi) is 6.45. The molecule has 1 atom stereocenters. The van der Waals surface area contributed by atoms with Crippen LogP contribution < -0.4 is 5.32 Å². The van der Waals surface area contributed by atoms with E-state index in [1.807, 2.05) is 56.6 Å². The van der Waals surface area contributed by atoms with Crippen LogP contribution in [0.5, 0.6) is 0 Å². The molecule has 0 amide bonds. The van der Waals surface area contributed by atoms with Crippen LogP contribution in [0.15, 0.2) is 53.5 Å². The Balaban J connectivity index is 1.61. The first kappa shape index (κ1) is 22.8. The molecule has 12 heteroatoms. The molecular weight excluding hydrogens is 468 g/mol. The quantitative estimate of drug-likeness (QED) is 0.165. The molecule has 2 aromatic carbocycles. The van der Waals surface area contributed by atoms with E-state index in [1.165, 1.54) is 0 Å². The van der Waals surface area contributed by atoms with E-state index >= 15 is 0 Å². The first-order valence-electron chi connectivity index (χ1n) is 9.96. The molecule has 34 heavy (non-hydrogen) atoms. The van der Waals surface area contributed by atoms with Gasteiger partial charge in [0.05, 0.1) is 5.69 Å². The van der Waals surface area contributed by atoms with Gasteiger partial charge >= 0.3 is 6.04 Å². The average molecular weight is 487 g/mol. The second-order valence-electron chi connectivity index (χ2n) is 7.23. The minimum absolute atomic E-state index is 0.231. The first-order chi connectivity index (χ1) is 16.4. The number of benzene rings is 2. The van der Waals surface area contributed by atoms with Crippen molar-refractivity contribution in [2.75, 3.05) is 5.32 Å². The van der Waals surface area contributed by atoms with Gasteiger partial charge in [-0.15, -0.1) is 0 Å². The van der Waals surface area contributed by atoms with E-state index in [9.17, 15) is 5.26 Å². The number of hydrogen-bond donors (Lipinski definition) is 3. The minimum Gasteiger partial charge on any atom is -0.336 e. The van der Waals surface area contributed by atoms with Crippen LogP contribution in [-0.4, -0.2) is 41.4 Å². The van der Waals surface area contributed by atoms with Gasteiger partial charge in [-0.1, -0.05) is 0 Å². The van der Waals surface area contributed by atoms with Crippen molar-refractivity contribution in [3.05, 3.63) is 69.5 Å². The number of rotatable bonds is 5. The fourth-order valence-corrected chi connectivity index (χ4v) is 3.46. The van der Waals surface area contributed by atoms with Crippen LogP contribution in [0.4, 0.5) is 11.4 Å². The molecular formula is C22H18N10S2. The van der Waals surface area contributed by atoms with Crippen molar-refractivity contribution >= 4 is 41.6 Å². The van der Waals surface area contributed by atoms with E-state index in [-0.39, 0.29) is 5.84 Å². The second kappa shape index (κ2) is 9.62. The van der Waals surface area contributed by atoms with Crippen molar-refractivity contribution in [3.63, 3.8) is 0 Å². The van der Waals surface area contributed by atoms with E-state index in [1.54, 1.807) is 21.3 Å². The number of aliphatic imine (C=N–C) groups is 1. The zero-order valence-corrected chi connectivity index (χ0v) is 19.8. The molecule has 3 N–H and O–H groups in total. The van der Waals surface area contributed by atoms with Gasteiger partial charge in [0.1, 0.15) is 0 Å². The molecule has 0 aliphatic carbocycles. The molecule has 1 unspecified atom stereocenters. The van der Waals surface area contributed by atoms with Crippen LogP contribution in [0.1, 0.15) is 0 Å². The van der Waals surface area contributed by atoms with Crippen LogP contribution in [0.3, 0.4) is 0 Å². The highest BCUT2D eigenvalue weighted by Crippen LogP contribution is 2.23. The maximum absolute atomic E-state index is 9.47. The van der Waals surface area contributed by atoms with Gasteiger partial charge in [0.2, 0.25) is 5.84 Å². The summed E-state index contributed by atoms with van der Waals surface area (Å²) in [5.74, 6) is 1.63. The predicted octanol–water partition coefficient (Wildman–Crippen LogP) is 4.56. The van der Waals surface area contributed by atoms with Gasteiger partial charge in [-0.3, -0.25) is 15.0 Å². The highest BCUT2D eigenvalue weighted by Gasteiger charge is 2.21. The van der Waals surface area contributed by atoms with E-state index in [4.69, 9.17) is 31.0 Å². The number of hydrogen-bond acceptors (Lipinski definition) is 6. The highest BCUT2D eigenvalue weighted by molar-refractivity contribution is 7.71. The van der Waals surface area contributed by atoms with Gasteiger partial charge in [0, 0.05) is 30.9 Å². The molecule has 0 saturated carbocycles.